The van der Waals surface area contributed by atoms with Crippen molar-refractivity contribution in [3.05, 3.63) is 30.0 Å². The molecule has 0 aliphatic rings. The number of fused-ring (bicyclic) bond motifs is 1. The summed E-state index contributed by atoms with van der Waals surface area (Å²) in [6.07, 6.45) is 0. The Labute approximate surface area is 116 Å². The molecule has 0 saturated heterocycles. The van der Waals surface area contributed by atoms with Crippen molar-refractivity contribution in [3.63, 3.8) is 0 Å². The molecule has 6 nitrogen and oxygen atoms in total. The van der Waals surface area contributed by atoms with Gasteiger partial charge < -0.3 is 4.74 Å². The second-order valence-electron chi connectivity index (χ2n) is 4.45. The summed E-state index contributed by atoms with van der Waals surface area (Å²) in [5.41, 5.74) is 3.13. The number of aryl methyl sites for hydroxylation is 2. The Balaban J connectivity index is 2.17. The number of rotatable bonds is 3. The van der Waals surface area contributed by atoms with Crippen LogP contribution >= 0.6 is 0 Å². The molecule has 0 unspecified atom stereocenters. The molecule has 2 heterocycles. The maximum Gasteiger partial charge on any atom is 0.199 e. The van der Waals surface area contributed by atoms with Gasteiger partial charge >= 0.3 is 0 Å². The van der Waals surface area contributed by atoms with E-state index in [1.54, 1.807) is 4.68 Å². The molecule has 0 N–H and O–H groups in total. The Hall–Kier alpha value is -2.50. The van der Waals surface area contributed by atoms with Crippen molar-refractivity contribution in [1.29, 1.82) is 0 Å². The number of ether oxygens (including phenoxy) is 1. The molecule has 0 spiro atoms. The normalized spacial score (nSPS) is 10.9. The molecule has 0 saturated carbocycles. The van der Waals surface area contributed by atoms with E-state index in [9.17, 15) is 0 Å². The van der Waals surface area contributed by atoms with Crippen molar-refractivity contribution in [3.8, 4) is 17.1 Å². The van der Waals surface area contributed by atoms with E-state index in [-0.39, 0.29) is 0 Å². The fraction of sp³-hybridized carbons (Fsp3) is 0.286. The SMILES string of the molecule is CCOc1ccccc1-c1nnc2c(n1)c(C)nn2C. The molecule has 3 aromatic rings. The minimum atomic E-state index is 0.553. The van der Waals surface area contributed by atoms with Gasteiger partial charge in [0.05, 0.1) is 17.9 Å². The van der Waals surface area contributed by atoms with Crippen molar-refractivity contribution in [2.75, 3.05) is 6.61 Å². The maximum atomic E-state index is 5.61. The highest BCUT2D eigenvalue weighted by Gasteiger charge is 2.13. The first-order valence-corrected chi connectivity index (χ1v) is 6.47. The Bertz CT molecular complexity index is 765. The van der Waals surface area contributed by atoms with Crippen LogP contribution in [0.4, 0.5) is 0 Å². The lowest BCUT2D eigenvalue weighted by Crippen LogP contribution is -1.99. The molecule has 1 aromatic carbocycles. The van der Waals surface area contributed by atoms with Gasteiger partial charge in [0.15, 0.2) is 11.5 Å². The molecular formula is C14H15N5O. The minimum Gasteiger partial charge on any atom is -0.493 e. The minimum absolute atomic E-state index is 0.553. The van der Waals surface area contributed by atoms with Crippen LogP contribution in [0.25, 0.3) is 22.6 Å². The number of benzene rings is 1. The molecule has 2 aromatic heterocycles. The second-order valence-corrected chi connectivity index (χ2v) is 4.45. The zero-order chi connectivity index (χ0) is 14.1. The molecule has 0 radical (unpaired) electrons. The van der Waals surface area contributed by atoms with Gasteiger partial charge in [-0.1, -0.05) is 12.1 Å². The largest absolute Gasteiger partial charge is 0.493 e. The topological polar surface area (TPSA) is 65.7 Å². The van der Waals surface area contributed by atoms with Crippen LogP contribution in [0.3, 0.4) is 0 Å². The monoisotopic (exact) mass is 269 g/mol. The predicted octanol–water partition coefficient (Wildman–Crippen LogP) is 2.13. The molecule has 0 fully saturated rings. The van der Waals surface area contributed by atoms with Crippen LogP contribution in [0, 0.1) is 6.92 Å². The summed E-state index contributed by atoms with van der Waals surface area (Å²) in [6.45, 7) is 4.46. The van der Waals surface area contributed by atoms with Crippen molar-refractivity contribution in [2.24, 2.45) is 7.05 Å². The molecule has 0 aliphatic carbocycles. The Morgan fingerprint density at radius 1 is 1.20 bits per heavy atom. The average molecular weight is 269 g/mol. The summed E-state index contributed by atoms with van der Waals surface area (Å²) in [6, 6.07) is 7.69. The van der Waals surface area contributed by atoms with E-state index in [1.807, 2.05) is 45.2 Å². The molecular weight excluding hydrogens is 254 g/mol. The van der Waals surface area contributed by atoms with Crippen molar-refractivity contribution >= 4 is 11.2 Å². The van der Waals surface area contributed by atoms with Gasteiger partial charge in [0.2, 0.25) is 0 Å². The van der Waals surface area contributed by atoms with Gasteiger partial charge in [-0.2, -0.15) is 5.10 Å². The van der Waals surface area contributed by atoms with Gasteiger partial charge in [-0.25, -0.2) is 9.67 Å². The van der Waals surface area contributed by atoms with Gasteiger partial charge in [-0.3, -0.25) is 0 Å². The molecule has 0 bridgehead atoms. The van der Waals surface area contributed by atoms with Crippen LogP contribution < -0.4 is 4.74 Å². The summed E-state index contributed by atoms with van der Waals surface area (Å²) in [5.74, 6) is 1.32. The van der Waals surface area contributed by atoms with E-state index in [0.29, 0.717) is 18.1 Å². The van der Waals surface area contributed by atoms with Crippen LogP contribution in [0.5, 0.6) is 5.75 Å². The molecule has 102 valence electrons. The predicted molar refractivity (Wildman–Crippen MR) is 75.4 cm³/mol. The van der Waals surface area contributed by atoms with E-state index < -0.39 is 0 Å². The summed E-state index contributed by atoms with van der Waals surface area (Å²) < 4.78 is 7.29. The fourth-order valence-corrected chi connectivity index (χ4v) is 2.15. The molecule has 3 rings (SSSR count). The maximum absolute atomic E-state index is 5.61. The molecule has 0 aliphatic heterocycles. The Kier molecular flexibility index (Phi) is 3.06. The summed E-state index contributed by atoms with van der Waals surface area (Å²) in [5, 5.41) is 12.7. The van der Waals surface area contributed by atoms with Crippen molar-refractivity contribution < 1.29 is 4.74 Å². The highest BCUT2D eigenvalue weighted by atomic mass is 16.5. The standard InChI is InChI=1S/C14H15N5O/c1-4-20-11-8-6-5-7-10(11)13-15-12-9(2)18-19(3)14(12)17-16-13/h5-8H,4H2,1-3H3. The van der Waals surface area contributed by atoms with Crippen LogP contribution in [-0.4, -0.2) is 31.6 Å². The lowest BCUT2D eigenvalue weighted by Gasteiger charge is -2.08. The Morgan fingerprint density at radius 3 is 2.80 bits per heavy atom. The first kappa shape index (κ1) is 12.5. The summed E-state index contributed by atoms with van der Waals surface area (Å²) in [4.78, 5) is 4.57. The third kappa shape index (κ3) is 1.99. The lowest BCUT2D eigenvalue weighted by molar-refractivity contribution is 0.341. The quantitative estimate of drug-likeness (QED) is 0.728. The van der Waals surface area contributed by atoms with Gasteiger partial charge in [0.25, 0.3) is 0 Å². The molecule has 0 atom stereocenters. The zero-order valence-corrected chi connectivity index (χ0v) is 11.7. The van der Waals surface area contributed by atoms with Gasteiger partial charge in [-0.15, -0.1) is 10.2 Å². The van der Waals surface area contributed by atoms with E-state index >= 15 is 0 Å². The zero-order valence-electron chi connectivity index (χ0n) is 11.7. The van der Waals surface area contributed by atoms with Gasteiger partial charge in [0.1, 0.15) is 11.3 Å². The smallest absolute Gasteiger partial charge is 0.199 e. The number of nitrogens with zero attached hydrogens (tertiary/aromatic N) is 5. The Morgan fingerprint density at radius 2 is 2.00 bits per heavy atom. The lowest BCUT2D eigenvalue weighted by atomic mass is 10.2. The molecule has 6 heteroatoms. The number of hydrogen-bond donors (Lipinski definition) is 0. The van der Waals surface area contributed by atoms with E-state index in [4.69, 9.17) is 4.74 Å². The summed E-state index contributed by atoms with van der Waals surface area (Å²) in [7, 11) is 1.83. The van der Waals surface area contributed by atoms with Crippen molar-refractivity contribution in [1.82, 2.24) is 25.0 Å². The van der Waals surface area contributed by atoms with Crippen LogP contribution in [0.1, 0.15) is 12.6 Å². The van der Waals surface area contributed by atoms with E-state index in [2.05, 4.69) is 20.3 Å². The fourth-order valence-electron chi connectivity index (χ4n) is 2.15. The second kappa shape index (κ2) is 4.88. The highest BCUT2D eigenvalue weighted by molar-refractivity contribution is 5.76. The third-order valence-corrected chi connectivity index (χ3v) is 3.05. The van der Waals surface area contributed by atoms with Crippen LogP contribution in [0.15, 0.2) is 24.3 Å². The first-order chi connectivity index (χ1) is 9.70. The third-order valence-electron chi connectivity index (χ3n) is 3.05. The molecule has 20 heavy (non-hydrogen) atoms. The first-order valence-electron chi connectivity index (χ1n) is 6.47. The van der Waals surface area contributed by atoms with E-state index in [1.165, 1.54) is 0 Å². The van der Waals surface area contributed by atoms with Crippen LogP contribution in [-0.2, 0) is 7.05 Å². The number of aromatic nitrogens is 5. The average Bonchev–Trinajstić information content (AvgIpc) is 2.75. The van der Waals surface area contributed by atoms with Gasteiger partial charge in [0, 0.05) is 7.05 Å². The van der Waals surface area contributed by atoms with E-state index in [0.717, 1.165) is 22.5 Å². The van der Waals surface area contributed by atoms with Crippen LogP contribution in [0.2, 0.25) is 0 Å². The number of para-hydroxylation sites is 1. The molecule has 0 amide bonds. The van der Waals surface area contributed by atoms with Gasteiger partial charge in [-0.05, 0) is 26.0 Å². The van der Waals surface area contributed by atoms with Crippen molar-refractivity contribution in [2.45, 2.75) is 13.8 Å². The number of hydrogen-bond acceptors (Lipinski definition) is 5. The highest BCUT2D eigenvalue weighted by Crippen LogP contribution is 2.27. The summed E-state index contributed by atoms with van der Waals surface area (Å²) >= 11 is 0.